The van der Waals surface area contributed by atoms with E-state index in [2.05, 4.69) is 22.5 Å². The van der Waals surface area contributed by atoms with Crippen LogP contribution in [0.5, 0.6) is 0 Å². The fraction of sp³-hybridized carbons (Fsp3) is 0.750. The molecule has 8 heteroatoms. The Morgan fingerprint density at radius 1 is 1.36 bits per heavy atom. The van der Waals surface area contributed by atoms with Crippen molar-refractivity contribution in [3.05, 3.63) is 15.6 Å². The van der Waals surface area contributed by atoms with Crippen molar-refractivity contribution in [1.29, 1.82) is 0 Å². The fourth-order valence-electron chi connectivity index (χ4n) is 3.54. The molecule has 1 unspecified atom stereocenters. The number of aliphatic imine (C=N–C) groups is 1. The van der Waals surface area contributed by atoms with Gasteiger partial charge in [0.05, 0.1) is 31.4 Å². The standard InChI is InChI=1S/C20H33N5O2S/c1-4-21-19(22-12-16(14-10-11-14)24-20(26)27-5-2)25(3)13-18-23-15-8-6-7-9-17(15)28-18/h14,16H,4-13H2,1-3H3,(H,21,22)(H,24,26). The largest absolute Gasteiger partial charge is 0.450 e. The Hall–Kier alpha value is -1.83. The molecular weight excluding hydrogens is 374 g/mol. The summed E-state index contributed by atoms with van der Waals surface area (Å²) in [5.74, 6) is 1.36. The van der Waals surface area contributed by atoms with Crippen molar-refractivity contribution < 1.29 is 9.53 Å². The molecule has 0 bridgehead atoms. The Kier molecular flexibility index (Phi) is 7.53. The molecule has 0 saturated heterocycles. The molecule has 1 atom stereocenters. The first-order valence-corrected chi connectivity index (χ1v) is 11.3. The lowest BCUT2D eigenvalue weighted by Gasteiger charge is -2.22. The van der Waals surface area contributed by atoms with Crippen LogP contribution < -0.4 is 10.6 Å². The van der Waals surface area contributed by atoms with Crippen molar-refractivity contribution in [2.75, 3.05) is 26.7 Å². The van der Waals surface area contributed by atoms with Crippen LogP contribution >= 0.6 is 11.3 Å². The number of hydrogen-bond donors (Lipinski definition) is 2. The lowest BCUT2D eigenvalue weighted by Crippen LogP contribution is -2.42. The molecule has 1 aromatic heterocycles. The third-order valence-corrected chi connectivity index (χ3v) is 6.31. The molecule has 0 spiro atoms. The van der Waals surface area contributed by atoms with Crippen LogP contribution in [0.15, 0.2) is 4.99 Å². The second-order valence-corrected chi connectivity index (χ2v) is 8.71. The van der Waals surface area contributed by atoms with Crippen LogP contribution in [0.2, 0.25) is 0 Å². The van der Waals surface area contributed by atoms with Crippen molar-refractivity contribution in [3.8, 4) is 0 Å². The van der Waals surface area contributed by atoms with Gasteiger partial charge in [-0.15, -0.1) is 11.3 Å². The monoisotopic (exact) mass is 407 g/mol. The van der Waals surface area contributed by atoms with Gasteiger partial charge in [0.15, 0.2) is 5.96 Å². The summed E-state index contributed by atoms with van der Waals surface area (Å²) in [7, 11) is 2.05. The maximum absolute atomic E-state index is 11.8. The maximum atomic E-state index is 11.8. The number of aryl methyl sites for hydroxylation is 2. The Morgan fingerprint density at radius 3 is 2.82 bits per heavy atom. The molecule has 7 nitrogen and oxygen atoms in total. The summed E-state index contributed by atoms with van der Waals surface area (Å²) in [6, 6.07) is 0.0354. The van der Waals surface area contributed by atoms with E-state index in [1.807, 2.05) is 25.3 Å². The molecule has 156 valence electrons. The van der Waals surface area contributed by atoms with Crippen molar-refractivity contribution >= 4 is 23.4 Å². The van der Waals surface area contributed by atoms with E-state index in [1.165, 1.54) is 29.8 Å². The van der Waals surface area contributed by atoms with Crippen LogP contribution in [0.4, 0.5) is 4.79 Å². The Bertz CT molecular complexity index is 663. The number of ether oxygens (including phenoxy) is 1. The van der Waals surface area contributed by atoms with Crippen LogP contribution in [0.25, 0.3) is 0 Å². The number of hydrogen-bond acceptors (Lipinski definition) is 5. The summed E-state index contributed by atoms with van der Waals surface area (Å²) in [6.45, 7) is 6.39. The summed E-state index contributed by atoms with van der Waals surface area (Å²) in [6.07, 6.45) is 6.77. The molecular formula is C20H33N5O2S. The van der Waals surface area contributed by atoms with Crippen LogP contribution in [0.1, 0.15) is 55.1 Å². The zero-order chi connectivity index (χ0) is 19.9. The highest BCUT2D eigenvalue weighted by molar-refractivity contribution is 7.11. The van der Waals surface area contributed by atoms with Gasteiger partial charge >= 0.3 is 6.09 Å². The summed E-state index contributed by atoms with van der Waals surface area (Å²) in [5, 5.41) is 7.50. The van der Waals surface area contributed by atoms with Gasteiger partial charge in [0.2, 0.25) is 0 Å². The predicted molar refractivity (Wildman–Crippen MR) is 113 cm³/mol. The highest BCUT2D eigenvalue weighted by atomic mass is 32.1. The van der Waals surface area contributed by atoms with E-state index in [0.29, 0.717) is 19.1 Å². The van der Waals surface area contributed by atoms with E-state index in [1.54, 1.807) is 0 Å². The van der Waals surface area contributed by atoms with E-state index in [0.717, 1.165) is 43.3 Å². The first-order chi connectivity index (χ1) is 13.6. The summed E-state index contributed by atoms with van der Waals surface area (Å²) in [4.78, 5) is 25.1. The van der Waals surface area contributed by atoms with Crippen LogP contribution in [-0.2, 0) is 24.1 Å². The third-order valence-electron chi connectivity index (χ3n) is 5.17. The Balaban J connectivity index is 1.61. The van der Waals surface area contributed by atoms with Crippen LogP contribution in [-0.4, -0.2) is 54.7 Å². The van der Waals surface area contributed by atoms with Gasteiger partial charge in [0.1, 0.15) is 5.01 Å². The molecule has 28 heavy (non-hydrogen) atoms. The van der Waals surface area contributed by atoms with Crippen molar-refractivity contribution in [1.82, 2.24) is 20.5 Å². The minimum Gasteiger partial charge on any atom is -0.450 e. The number of guanidine groups is 1. The normalized spacial score (nSPS) is 17.6. The van der Waals surface area contributed by atoms with E-state index in [-0.39, 0.29) is 12.1 Å². The quantitative estimate of drug-likeness (QED) is 0.512. The van der Waals surface area contributed by atoms with Gasteiger partial charge in [-0.2, -0.15) is 0 Å². The molecule has 2 aliphatic carbocycles. The number of nitrogens with zero attached hydrogens (tertiary/aromatic N) is 3. The molecule has 1 saturated carbocycles. The topological polar surface area (TPSA) is 78.8 Å². The zero-order valence-corrected chi connectivity index (χ0v) is 18.1. The van der Waals surface area contributed by atoms with Crippen LogP contribution in [0, 0.1) is 5.92 Å². The molecule has 0 aliphatic heterocycles. The number of rotatable bonds is 8. The van der Waals surface area contributed by atoms with E-state index in [9.17, 15) is 4.79 Å². The summed E-state index contributed by atoms with van der Waals surface area (Å²) >= 11 is 1.84. The number of amides is 1. The Morgan fingerprint density at radius 2 is 2.14 bits per heavy atom. The van der Waals surface area contributed by atoms with Gasteiger partial charge in [0, 0.05) is 18.5 Å². The second-order valence-electron chi connectivity index (χ2n) is 7.54. The van der Waals surface area contributed by atoms with E-state index in [4.69, 9.17) is 14.7 Å². The number of carbonyl (C=O) groups excluding carboxylic acids is 1. The van der Waals surface area contributed by atoms with Gasteiger partial charge in [-0.1, -0.05) is 0 Å². The third kappa shape index (κ3) is 5.83. The lowest BCUT2D eigenvalue weighted by molar-refractivity contribution is 0.147. The zero-order valence-electron chi connectivity index (χ0n) is 17.3. The number of fused-ring (bicyclic) bond motifs is 1. The van der Waals surface area contributed by atoms with Crippen molar-refractivity contribution in [2.24, 2.45) is 10.9 Å². The summed E-state index contributed by atoms with van der Waals surface area (Å²) in [5.41, 5.74) is 1.30. The van der Waals surface area contributed by atoms with Crippen LogP contribution in [0.3, 0.4) is 0 Å². The van der Waals surface area contributed by atoms with Gasteiger partial charge < -0.3 is 20.3 Å². The predicted octanol–water partition coefficient (Wildman–Crippen LogP) is 2.94. The van der Waals surface area contributed by atoms with Gasteiger partial charge in [0.25, 0.3) is 0 Å². The number of thiazole rings is 1. The lowest BCUT2D eigenvalue weighted by atomic mass is 10.0. The number of alkyl carbamates (subject to hydrolysis) is 1. The molecule has 3 rings (SSSR count). The number of nitrogens with one attached hydrogen (secondary N) is 2. The molecule has 1 heterocycles. The molecule has 2 N–H and O–H groups in total. The number of carbonyl (C=O) groups is 1. The molecule has 1 aromatic rings. The minimum absolute atomic E-state index is 0.0354. The fourth-order valence-corrected chi connectivity index (χ4v) is 4.75. The second kappa shape index (κ2) is 10.1. The van der Waals surface area contributed by atoms with Crippen molar-refractivity contribution in [3.63, 3.8) is 0 Å². The van der Waals surface area contributed by atoms with Gasteiger partial charge in [-0.3, -0.25) is 4.99 Å². The average Bonchev–Trinajstić information content (AvgIpc) is 3.43. The highest BCUT2D eigenvalue weighted by Gasteiger charge is 2.32. The van der Waals surface area contributed by atoms with Crippen molar-refractivity contribution in [2.45, 2.75) is 65.0 Å². The first kappa shape index (κ1) is 20.9. The smallest absolute Gasteiger partial charge is 0.407 e. The highest BCUT2D eigenvalue weighted by Crippen LogP contribution is 2.33. The van der Waals surface area contributed by atoms with E-state index >= 15 is 0 Å². The molecule has 2 aliphatic rings. The van der Waals surface area contributed by atoms with Gasteiger partial charge in [-0.05, 0) is 58.3 Å². The first-order valence-electron chi connectivity index (χ1n) is 10.5. The molecule has 0 aromatic carbocycles. The molecule has 0 radical (unpaired) electrons. The maximum Gasteiger partial charge on any atom is 0.407 e. The number of aromatic nitrogens is 1. The summed E-state index contributed by atoms with van der Waals surface area (Å²) < 4.78 is 5.04. The molecule has 1 fully saturated rings. The SMILES string of the molecule is CCNC(=NCC(NC(=O)OCC)C1CC1)N(C)Cc1nc2c(s1)CCCC2. The Labute approximate surface area is 172 Å². The van der Waals surface area contributed by atoms with E-state index < -0.39 is 0 Å². The van der Waals surface area contributed by atoms with Gasteiger partial charge in [-0.25, -0.2) is 9.78 Å². The average molecular weight is 408 g/mol. The molecule has 1 amide bonds. The minimum atomic E-state index is -0.346.